The monoisotopic (exact) mass is 352 g/mol. The Morgan fingerprint density at radius 1 is 1.08 bits per heavy atom. The summed E-state index contributed by atoms with van der Waals surface area (Å²) in [5, 5.41) is 8.48. The molecule has 6 heteroatoms. The van der Waals surface area contributed by atoms with Crippen LogP contribution in [0.5, 0.6) is 0 Å². The number of amidine groups is 1. The normalized spacial score (nSPS) is 14.6. The molecule has 0 radical (unpaired) electrons. The Hall–Kier alpha value is -2.60. The number of amides is 1. The number of nitrogens with one attached hydrogen (secondary N) is 2. The van der Waals surface area contributed by atoms with E-state index in [0.717, 1.165) is 40.8 Å². The molecule has 2 aromatic carbocycles. The number of anilines is 1. The van der Waals surface area contributed by atoms with Crippen molar-refractivity contribution in [3.8, 4) is 0 Å². The highest BCUT2D eigenvalue weighted by Gasteiger charge is 2.07. The van der Waals surface area contributed by atoms with E-state index in [1.54, 1.807) is 23.9 Å². The zero-order valence-electron chi connectivity index (χ0n) is 14.0. The Morgan fingerprint density at radius 2 is 1.84 bits per heavy atom. The molecule has 1 aliphatic heterocycles. The molecule has 5 nitrogen and oxygen atoms in total. The molecule has 3 rings (SSSR count). The summed E-state index contributed by atoms with van der Waals surface area (Å²) in [6, 6.07) is 17.0. The first-order chi connectivity index (χ1) is 12.2. The second-order valence-electron chi connectivity index (χ2n) is 5.60. The summed E-state index contributed by atoms with van der Waals surface area (Å²) in [5.74, 6) is 0.891. The van der Waals surface area contributed by atoms with Gasteiger partial charge in [0.05, 0.1) is 5.71 Å². The van der Waals surface area contributed by atoms with Crippen LogP contribution in [-0.2, 0) is 0 Å². The molecule has 0 spiro atoms. The van der Waals surface area contributed by atoms with Crippen LogP contribution in [-0.4, -0.2) is 29.1 Å². The smallest absolute Gasteiger partial charge is 0.271 e. The maximum atomic E-state index is 12.0. The van der Waals surface area contributed by atoms with Crippen molar-refractivity contribution in [1.29, 1.82) is 0 Å². The summed E-state index contributed by atoms with van der Waals surface area (Å²) < 4.78 is 0. The first-order valence-corrected chi connectivity index (χ1v) is 9.15. The van der Waals surface area contributed by atoms with E-state index in [2.05, 4.69) is 20.8 Å². The van der Waals surface area contributed by atoms with Gasteiger partial charge in [-0.1, -0.05) is 42.1 Å². The Balaban J connectivity index is 1.61. The van der Waals surface area contributed by atoms with Crippen molar-refractivity contribution in [3.63, 3.8) is 0 Å². The fourth-order valence-electron chi connectivity index (χ4n) is 2.31. The van der Waals surface area contributed by atoms with E-state index in [1.165, 1.54) is 0 Å². The van der Waals surface area contributed by atoms with E-state index in [-0.39, 0.29) is 5.91 Å². The van der Waals surface area contributed by atoms with Crippen molar-refractivity contribution in [2.45, 2.75) is 13.3 Å². The number of hydrogen-bond donors (Lipinski definition) is 2. The summed E-state index contributed by atoms with van der Waals surface area (Å²) >= 11 is 1.75. The molecule has 1 heterocycles. The van der Waals surface area contributed by atoms with Crippen LogP contribution in [0.25, 0.3) is 0 Å². The van der Waals surface area contributed by atoms with Gasteiger partial charge in [0.1, 0.15) is 0 Å². The SMILES string of the molecule is C/C(=N/NC(=O)c1ccccc1)c1ccc(NC2=NCCCS2)cc1. The van der Waals surface area contributed by atoms with E-state index in [9.17, 15) is 4.79 Å². The molecule has 0 aromatic heterocycles. The molecule has 0 saturated heterocycles. The van der Waals surface area contributed by atoms with Gasteiger partial charge in [-0.05, 0) is 43.2 Å². The third-order valence-electron chi connectivity index (χ3n) is 3.71. The van der Waals surface area contributed by atoms with E-state index >= 15 is 0 Å². The molecule has 0 bridgehead atoms. The average molecular weight is 352 g/mol. The topological polar surface area (TPSA) is 65.8 Å². The van der Waals surface area contributed by atoms with E-state index < -0.39 is 0 Å². The molecule has 128 valence electrons. The minimum atomic E-state index is -0.217. The zero-order chi connectivity index (χ0) is 17.5. The molecule has 1 aliphatic rings. The van der Waals surface area contributed by atoms with Crippen molar-refractivity contribution in [2.24, 2.45) is 10.1 Å². The number of carbonyl (C=O) groups is 1. The summed E-state index contributed by atoms with van der Waals surface area (Å²) in [5.41, 5.74) is 5.88. The quantitative estimate of drug-likeness (QED) is 0.651. The lowest BCUT2D eigenvalue weighted by molar-refractivity contribution is 0.0955. The van der Waals surface area contributed by atoms with Gasteiger partial charge in [-0.3, -0.25) is 9.79 Å². The van der Waals surface area contributed by atoms with Gasteiger partial charge in [-0.25, -0.2) is 5.43 Å². The Kier molecular flexibility index (Phi) is 5.85. The zero-order valence-corrected chi connectivity index (χ0v) is 14.8. The standard InChI is InChI=1S/C19H20N4OS/c1-14(22-23-18(24)16-6-3-2-4-7-16)15-8-10-17(11-9-15)21-19-20-12-5-13-25-19/h2-4,6-11H,5,12-13H2,1H3,(H,20,21)(H,23,24)/b22-14-. The Bertz CT molecular complexity index is 785. The molecule has 1 amide bonds. The number of hydrazone groups is 1. The molecule has 2 aromatic rings. The van der Waals surface area contributed by atoms with Gasteiger partial charge in [-0.2, -0.15) is 5.10 Å². The molecular weight excluding hydrogens is 332 g/mol. The van der Waals surface area contributed by atoms with Gasteiger partial charge in [-0.15, -0.1) is 0 Å². The largest absolute Gasteiger partial charge is 0.335 e. The van der Waals surface area contributed by atoms with Crippen LogP contribution in [0.15, 0.2) is 64.7 Å². The number of benzene rings is 2. The molecule has 0 aliphatic carbocycles. The lowest BCUT2D eigenvalue weighted by Crippen LogP contribution is -2.19. The van der Waals surface area contributed by atoms with Gasteiger partial charge in [0, 0.05) is 23.5 Å². The number of carbonyl (C=O) groups excluding carboxylic acids is 1. The van der Waals surface area contributed by atoms with Crippen LogP contribution >= 0.6 is 11.8 Å². The lowest BCUT2D eigenvalue weighted by atomic mass is 10.1. The fraction of sp³-hybridized carbons (Fsp3) is 0.211. The summed E-state index contributed by atoms with van der Waals surface area (Å²) in [7, 11) is 0. The van der Waals surface area contributed by atoms with Crippen LogP contribution in [0.1, 0.15) is 29.3 Å². The van der Waals surface area contributed by atoms with Gasteiger partial charge < -0.3 is 5.32 Å². The molecule has 2 N–H and O–H groups in total. The van der Waals surface area contributed by atoms with Gasteiger partial charge in [0.25, 0.3) is 5.91 Å². The van der Waals surface area contributed by atoms with Crippen molar-refractivity contribution >= 4 is 34.2 Å². The van der Waals surface area contributed by atoms with Gasteiger partial charge in [0.15, 0.2) is 5.17 Å². The predicted molar refractivity (Wildman–Crippen MR) is 106 cm³/mol. The van der Waals surface area contributed by atoms with Crippen LogP contribution in [0.4, 0.5) is 5.69 Å². The van der Waals surface area contributed by atoms with Crippen molar-refractivity contribution in [3.05, 3.63) is 65.7 Å². The molecule has 0 atom stereocenters. The van der Waals surface area contributed by atoms with E-state index in [0.29, 0.717) is 5.56 Å². The van der Waals surface area contributed by atoms with Crippen LogP contribution in [0.2, 0.25) is 0 Å². The Morgan fingerprint density at radius 3 is 2.52 bits per heavy atom. The first kappa shape index (κ1) is 17.2. The molecule has 25 heavy (non-hydrogen) atoms. The van der Waals surface area contributed by atoms with Gasteiger partial charge >= 0.3 is 0 Å². The summed E-state index contributed by atoms with van der Waals surface area (Å²) in [6.07, 6.45) is 1.14. The van der Waals surface area contributed by atoms with Crippen molar-refractivity contribution in [1.82, 2.24) is 5.43 Å². The third kappa shape index (κ3) is 4.93. The highest BCUT2D eigenvalue weighted by atomic mass is 32.2. The summed E-state index contributed by atoms with van der Waals surface area (Å²) in [6.45, 7) is 2.76. The number of thioether (sulfide) groups is 1. The maximum absolute atomic E-state index is 12.0. The predicted octanol–water partition coefficient (Wildman–Crippen LogP) is 3.75. The van der Waals surface area contributed by atoms with Crippen LogP contribution in [0, 0.1) is 0 Å². The number of rotatable bonds is 4. The first-order valence-electron chi connectivity index (χ1n) is 8.17. The average Bonchev–Trinajstić information content (AvgIpc) is 2.68. The van der Waals surface area contributed by atoms with Crippen LogP contribution in [0.3, 0.4) is 0 Å². The highest BCUT2D eigenvalue weighted by Crippen LogP contribution is 2.17. The minimum absolute atomic E-state index is 0.217. The van der Waals surface area contributed by atoms with Gasteiger partial charge in [0.2, 0.25) is 0 Å². The number of hydrogen-bond acceptors (Lipinski definition) is 5. The van der Waals surface area contributed by atoms with Crippen molar-refractivity contribution < 1.29 is 4.79 Å². The Labute approximate surface area is 151 Å². The number of nitrogens with zero attached hydrogens (tertiary/aromatic N) is 2. The molecule has 0 fully saturated rings. The summed E-state index contributed by atoms with van der Waals surface area (Å²) in [4.78, 5) is 16.5. The van der Waals surface area contributed by atoms with E-state index in [4.69, 9.17) is 0 Å². The minimum Gasteiger partial charge on any atom is -0.335 e. The molecular formula is C19H20N4OS. The fourth-order valence-corrected chi connectivity index (χ4v) is 3.15. The van der Waals surface area contributed by atoms with E-state index in [1.807, 2.05) is 49.4 Å². The molecule has 0 unspecified atom stereocenters. The second kappa shape index (κ2) is 8.48. The number of aliphatic imine (C=N–C) groups is 1. The van der Waals surface area contributed by atoms with Crippen LogP contribution < -0.4 is 10.7 Å². The lowest BCUT2D eigenvalue weighted by Gasteiger charge is -2.13. The van der Waals surface area contributed by atoms with Crippen molar-refractivity contribution in [2.75, 3.05) is 17.6 Å². The third-order valence-corrected chi connectivity index (χ3v) is 4.71. The molecule has 0 saturated carbocycles. The second-order valence-corrected chi connectivity index (χ2v) is 6.68. The maximum Gasteiger partial charge on any atom is 0.271 e. The highest BCUT2D eigenvalue weighted by molar-refractivity contribution is 8.14.